The van der Waals surface area contributed by atoms with Gasteiger partial charge in [-0.3, -0.25) is 4.68 Å². The van der Waals surface area contributed by atoms with Crippen LogP contribution in [0.15, 0.2) is 33.8 Å². The quantitative estimate of drug-likeness (QED) is 0.566. The van der Waals surface area contributed by atoms with Crippen LogP contribution in [0.2, 0.25) is 0 Å². The topological polar surface area (TPSA) is 77.3 Å². The van der Waals surface area contributed by atoms with E-state index in [1.807, 2.05) is 10.9 Å². The van der Waals surface area contributed by atoms with Crippen molar-refractivity contribution in [2.45, 2.75) is 76.4 Å². The van der Waals surface area contributed by atoms with Crippen molar-refractivity contribution in [1.82, 2.24) is 19.3 Å². The molecule has 2 aliphatic rings. The Labute approximate surface area is 193 Å². The van der Waals surface area contributed by atoms with Crippen molar-refractivity contribution < 1.29 is 13.2 Å². The highest BCUT2D eigenvalue weighted by molar-refractivity contribution is 9.10. The van der Waals surface area contributed by atoms with Crippen LogP contribution in [0.5, 0.6) is 5.75 Å². The lowest BCUT2D eigenvalue weighted by Gasteiger charge is -2.28. The normalized spacial score (nSPS) is 22.1. The molecule has 0 unspecified atom stereocenters. The fraction of sp³-hybridized carbons (Fsp3) is 0.636. The summed E-state index contributed by atoms with van der Waals surface area (Å²) in [6.07, 6.45) is 8.97. The number of hydrogen-bond donors (Lipinski definition) is 0. The maximum absolute atomic E-state index is 13.6. The fourth-order valence-electron chi connectivity index (χ4n) is 4.64. The minimum Gasteiger partial charge on any atom is -0.490 e. The Morgan fingerprint density at radius 2 is 2.00 bits per heavy atom. The van der Waals surface area contributed by atoms with Gasteiger partial charge in [-0.25, -0.2) is 8.42 Å². The van der Waals surface area contributed by atoms with E-state index < -0.39 is 10.0 Å². The first-order valence-corrected chi connectivity index (χ1v) is 13.4. The minimum atomic E-state index is -3.74. The van der Waals surface area contributed by atoms with Crippen molar-refractivity contribution in [1.29, 1.82) is 0 Å². The smallest absolute Gasteiger partial charge is 0.247 e. The van der Waals surface area contributed by atoms with E-state index in [9.17, 15) is 8.42 Å². The van der Waals surface area contributed by atoms with E-state index in [-0.39, 0.29) is 17.5 Å². The number of fused-ring (bicyclic) bond motifs is 1. The van der Waals surface area contributed by atoms with Crippen molar-refractivity contribution in [2.24, 2.45) is 11.8 Å². The molecular formula is C22H31BrN4O3S. The van der Waals surface area contributed by atoms with Gasteiger partial charge in [0.05, 0.1) is 18.3 Å². The molecule has 31 heavy (non-hydrogen) atoms. The maximum atomic E-state index is 13.6. The summed E-state index contributed by atoms with van der Waals surface area (Å²) in [7, 11) is -3.74. The first kappa shape index (κ1) is 22.7. The Kier molecular flexibility index (Phi) is 7.03. The van der Waals surface area contributed by atoms with Crippen LogP contribution in [0.1, 0.15) is 58.1 Å². The standard InChI is InChI=1S/C22H31BrN4O3S/c1-16(2)10-20-15-30-21-11-18(23)8-9-22(21)31(28,29)27(20)14-19-13-26(25-24-19)12-17-6-4-3-5-7-17/h8-9,11,13,16-17,20H,3-7,10,12,14-15H2,1-2H3/t20-/m1/s1. The Balaban J connectivity index is 1.59. The second kappa shape index (κ2) is 9.58. The van der Waals surface area contributed by atoms with Gasteiger partial charge in [-0.1, -0.05) is 54.3 Å². The number of nitrogens with zero attached hydrogens (tertiary/aromatic N) is 4. The number of sulfonamides is 1. The molecule has 170 valence electrons. The van der Waals surface area contributed by atoms with Crippen LogP contribution in [-0.2, 0) is 23.1 Å². The van der Waals surface area contributed by atoms with Gasteiger partial charge in [-0.2, -0.15) is 4.31 Å². The molecule has 2 heterocycles. The van der Waals surface area contributed by atoms with Crippen molar-refractivity contribution in [3.05, 3.63) is 34.6 Å². The molecule has 1 aromatic heterocycles. The first-order chi connectivity index (χ1) is 14.8. The number of ether oxygens (including phenoxy) is 1. The Morgan fingerprint density at radius 1 is 1.23 bits per heavy atom. The molecule has 1 aliphatic heterocycles. The van der Waals surface area contributed by atoms with E-state index in [0.717, 1.165) is 11.0 Å². The largest absolute Gasteiger partial charge is 0.490 e. The summed E-state index contributed by atoms with van der Waals surface area (Å²) in [5, 5.41) is 8.61. The molecule has 4 rings (SSSR count). The van der Waals surface area contributed by atoms with Gasteiger partial charge in [-0.15, -0.1) is 5.10 Å². The zero-order valence-electron chi connectivity index (χ0n) is 18.2. The molecule has 1 aromatic carbocycles. The lowest BCUT2D eigenvalue weighted by atomic mass is 9.89. The summed E-state index contributed by atoms with van der Waals surface area (Å²) >= 11 is 3.41. The first-order valence-electron chi connectivity index (χ1n) is 11.2. The minimum absolute atomic E-state index is 0.198. The molecule has 0 spiro atoms. The number of hydrogen-bond acceptors (Lipinski definition) is 5. The molecule has 0 amide bonds. The van der Waals surface area contributed by atoms with Crippen molar-refractivity contribution in [2.75, 3.05) is 6.61 Å². The average Bonchev–Trinajstić information content (AvgIpc) is 3.13. The molecule has 1 atom stereocenters. The lowest BCUT2D eigenvalue weighted by molar-refractivity contribution is 0.186. The maximum Gasteiger partial charge on any atom is 0.247 e. The van der Waals surface area contributed by atoms with Gasteiger partial charge in [0.15, 0.2) is 0 Å². The summed E-state index contributed by atoms with van der Waals surface area (Å²) in [4.78, 5) is 0.205. The van der Waals surface area contributed by atoms with Gasteiger partial charge >= 0.3 is 0 Å². The van der Waals surface area contributed by atoms with Crippen molar-refractivity contribution in [3.63, 3.8) is 0 Å². The van der Waals surface area contributed by atoms with Gasteiger partial charge in [0, 0.05) is 17.2 Å². The van der Waals surface area contributed by atoms with E-state index in [1.165, 1.54) is 32.1 Å². The predicted octanol–water partition coefficient (Wildman–Crippen LogP) is 4.62. The zero-order valence-corrected chi connectivity index (χ0v) is 20.6. The number of halogens is 1. The van der Waals surface area contributed by atoms with E-state index >= 15 is 0 Å². The third-order valence-corrected chi connectivity index (χ3v) is 8.58. The summed E-state index contributed by atoms with van der Waals surface area (Å²) < 4.78 is 37.5. The average molecular weight is 511 g/mol. The van der Waals surface area contributed by atoms with Crippen LogP contribution in [0.3, 0.4) is 0 Å². The molecular weight excluding hydrogens is 480 g/mol. The van der Waals surface area contributed by atoms with Crippen molar-refractivity contribution in [3.8, 4) is 5.75 Å². The third-order valence-electron chi connectivity index (χ3n) is 6.15. The predicted molar refractivity (Wildman–Crippen MR) is 122 cm³/mol. The highest BCUT2D eigenvalue weighted by Gasteiger charge is 2.38. The summed E-state index contributed by atoms with van der Waals surface area (Å²) in [6, 6.07) is 4.81. The van der Waals surface area contributed by atoms with Gasteiger partial charge < -0.3 is 4.74 Å². The van der Waals surface area contributed by atoms with E-state index in [2.05, 4.69) is 40.1 Å². The Bertz CT molecular complexity index is 1000. The van der Waals surface area contributed by atoms with Gasteiger partial charge in [0.2, 0.25) is 10.0 Å². The molecule has 0 saturated heterocycles. The third kappa shape index (κ3) is 5.31. The molecule has 1 fully saturated rings. The van der Waals surface area contributed by atoms with Crippen molar-refractivity contribution >= 4 is 26.0 Å². The Morgan fingerprint density at radius 3 is 2.74 bits per heavy atom. The molecule has 0 bridgehead atoms. The monoisotopic (exact) mass is 510 g/mol. The SMILES string of the molecule is CC(C)C[C@@H]1COc2cc(Br)ccc2S(=O)(=O)N1Cc1cn(CC2CCCCC2)nn1. The van der Waals surface area contributed by atoms with E-state index in [1.54, 1.807) is 22.5 Å². The molecule has 0 N–H and O–H groups in total. The Hall–Kier alpha value is -1.45. The van der Waals surface area contributed by atoms with Gasteiger partial charge in [0.25, 0.3) is 0 Å². The van der Waals surface area contributed by atoms with Crippen LogP contribution in [-0.4, -0.2) is 40.4 Å². The second-order valence-corrected chi connectivity index (χ2v) is 11.9. The molecule has 9 heteroatoms. The van der Waals surface area contributed by atoms with Crippen LogP contribution in [0.4, 0.5) is 0 Å². The second-order valence-electron chi connectivity index (χ2n) is 9.17. The number of aromatic nitrogens is 3. The van der Waals surface area contributed by atoms with Crippen LogP contribution in [0, 0.1) is 11.8 Å². The molecule has 2 aromatic rings. The van der Waals surface area contributed by atoms with Crippen LogP contribution in [0.25, 0.3) is 0 Å². The fourth-order valence-corrected chi connectivity index (χ4v) is 6.68. The highest BCUT2D eigenvalue weighted by Crippen LogP contribution is 2.35. The zero-order chi connectivity index (χ0) is 22.0. The van der Waals surface area contributed by atoms with E-state index in [0.29, 0.717) is 36.3 Å². The lowest BCUT2D eigenvalue weighted by Crippen LogP contribution is -2.42. The number of rotatable bonds is 6. The van der Waals surface area contributed by atoms with E-state index in [4.69, 9.17) is 4.74 Å². The molecule has 7 nitrogen and oxygen atoms in total. The molecule has 1 aliphatic carbocycles. The molecule has 0 radical (unpaired) electrons. The molecule has 1 saturated carbocycles. The summed E-state index contributed by atoms with van der Waals surface area (Å²) in [5.74, 6) is 1.37. The van der Waals surface area contributed by atoms with Gasteiger partial charge in [-0.05, 0) is 49.3 Å². The van der Waals surface area contributed by atoms with Crippen LogP contribution >= 0.6 is 15.9 Å². The summed E-state index contributed by atoms with van der Waals surface area (Å²) in [6.45, 7) is 5.56. The number of benzene rings is 1. The summed E-state index contributed by atoms with van der Waals surface area (Å²) in [5.41, 5.74) is 0.675. The highest BCUT2D eigenvalue weighted by atomic mass is 79.9. The van der Waals surface area contributed by atoms with Crippen LogP contribution < -0.4 is 4.74 Å². The van der Waals surface area contributed by atoms with Gasteiger partial charge in [0.1, 0.15) is 17.3 Å².